The maximum absolute atomic E-state index is 3.58. The van der Waals surface area contributed by atoms with Crippen LogP contribution in [0.4, 0.5) is 0 Å². The molecule has 88 valence electrons. The Bertz CT molecular complexity index is 350. The highest BCUT2D eigenvalue weighted by Crippen LogP contribution is 2.47. The number of benzene rings is 1. The first-order valence-electron chi connectivity index (χ1n) is 6.39. The summed E-state index contributed by atoms with van der Waals surface area (Å²) in [5.41, 5.74) is 3.45. The summed E-state index contributed by atoms with van der Waals surface area (Å²) in [5, 5.41) is 3.58. The van der Waals surface area contributed by atoms with Crippen molar-refractivity contribution >= 4 is 0 Å². The van der Waals surface area contributed by atoms with Crippen molar-refractivity contribution in [2.75, 3.05) is 6.54 Å². The van der Waals surface area contributed by atoms with Crippen LogP contribution in [0.2, 0.25) is 0 Å². The van der Waals surface area contributed by atoms with Gasteiger partial charge in [-0.2, -0.15) is 0 Å². The number of nitrogens with one attached hydrogen (secondary N) is 1. The summed E-state index contributed by atoms with van der Waals surface area (Å²) < 4.78 is 0. The maximum Gasteiger partial charge on any atom is 0.00134 e. The van der Waals surface area contributed by atoms with Crippen LogP contribution in [0.5, 0.6) is 0 Å². The molecule has 0 aromatic heterocycles. The summed E-state index contributed by atoms with van der Waals surface area (Å²) in [6, 6.07) is 9.55. The Balaban J connectivity index is 1.94. The van der Waals surface area contributed by atoms with E-state index in [1.54, 1.807) is 0 Å². The van der Waals surface area contributed by atoms with E-state index in [1.807, 2.05) is 0 Å². The van der Waals surface area contributed by atoms with Gasteiger partial charge in [0, 0.05) is 12.6 Å². The average molecular weight is 217 g/mol. The topological polar surface area (TPSA) is 12.0 Å². The molecule has 1 heteroatoms. The van der Waals surface area contributed by atoms with Gasteiger partial charge in [0.25, 0.3) is 0 Å². The van der Waals surface area contributed by atoms with Crippen molar-refractivity contribution in [1.29, 1.82) is 0 Å². The van der Waals surface area contributed by atoms with Crippen LogP contribution in [-0.2, 0) is 6.42 Å². The average Bonchev–Trinajstić information content (AvgIpc) is 2.96. The maximum atomic E-state index is 3.58. The number of hydrogen-bond acceptors (Lipinski definition) is 1. The number of rotatable bonds is 5. The fourth-order valence-electron chi connectivity index (χ4n) is 2.27. The molecule has 0 heterocycles. The van der Waals surface area contributed by atoms with Crippen LogP contribution in [0.1, 0.15) is 37.8 Å². The standard InChI is InChI=1S/C15H23N/c1-12(2)16-11-15(7-8-15)10-14-6-4-5-13(3)9-14/h4-6,9,12,16H,7-8,10-11H2,1-3H3. The first kappa shape index (κ1) is 11.7. The van der Waals surface area contributed by atoms with Crippen molar-refractivity contribution in [3.05, 3.63) is 35.4 Å². The fourth-order valence-corrected chi connectivity index (χ4v) is 2.27. The molecule has 16 heavy (non-hydrogen) atoms. The van der Waals surface area contributed by atoms with Crippen LogP contribution in [0, 0.1) is 12.3 Å². The number of hydrogen-bond donors (Lipinski definition) is 1. The predicted molar refractivity (Wildman–Crippen MR) is 69.7 cm³/mol. The highest BCUT2D eigenvalue weighted by Gasteiger charge is 2.41. The van der Waals surface area contributed by atoms with Gasteiger partial charge in [-0.3, -0.25) is 0 Å². The van der Waals surface area contributed by atoms with Gasteiger partial charge >= 0.3 is 0 Å². The van der Waals surface area contributed by atoms with Crippen LogP contribution in [-0.4, -0.2) is 12.6 Å². The predicted octanol–water partition coefficient (Wildman–Crippen LogP) is 3.32. The van der Waals surface area contributed by atoms with Crippen molar-refractivity contribution in [3.8, 4) is 0 Å². The van der Waals surface area contributed by atoms with Gasteiger partial charge in [0.15, 0.2) is 0 Å². The summed E-state index contributed by atoms with van der Waals surface area (Å²) in [6.45, 7) is 7.81. The van der Waals surface area contributed by atoms with Gasteiger partial charge in [-0.1, -0.05) is 43.7 Å². The fraction of sp³-hybridized carbons (Fsp3) is 0.600. The summed E-state index contributed by atoms with van der Waals surface area (Å²) in [7, 11) is 0. The number of aryl methyl sites for hydroxylation is 1. The molecule has 1 N–H and O–H groups in total. The van der Waals surface area contributed by atoms with E-state index >= 15 is 0 Å². The van der Waals surface area contributed by atoms with Gasteiger partial charge in [-0.25, -0.2) is 0 Å². The van der Waals surface area contributed by atoms with Crippen molar-refractivity contribution < 1.29 is 0 Å². The molecule has 1 saturated carbocycles. The van der Waals surface area contributed by atoms with E-state index in [2.05, 4.69) is 50.4 Å². The summed E-state index contributed by atoms with van der Waals surface area (Å²) in [6.07, 6.45) is 4.02. The van der Waals surface area contributed by atoms with Gasteiger partial charge in [-0.15, -0.1) is 0 Å². The highest BCUT2D eigenvalue weighted by atomic mass is 14.9. The molecule has 0 aliphatic heterocycles. The summed E-state index contributed by atoms with van der Waals surface area (Å²) in [5.74, 6) is 0. The van der Waals surface area contributed by atoms with E-state index in [4.69, 9.17) is 0 Å². The second kappa shape index (κ2) is 4.58. The van der Waals surface area contributed by atoms with Crippen LogP contribution in [0.3, 0.4) is 0 Å². The van der Waals surface area contributed by atoms with Gasteiger partial charge in [0.2, 0.25) is 0 Å². The molecule has 0 amide bonds. The van der Waals surface area contributed by atoms with Gasteiger partial charge < -0.3 is 5.32 Å². The van der Waals surface area contributed by atoms with Crippen molar-refractivity contribution in [1.82, 2.24) is 5.32 Å². The molecule has 1 nitrogen and oxygen atoms in total. The molecular formula is C15H23N. The van der Waals surface area contributed by atoms with Crippen LogP contribution < -0.4 is 5.32 Å². The van der Waals surface area contributed by atoms with E-state index in [0.717, 1.165) is 0 Å². The van der Waals surface area contributed by atoms with Gasteiger partial charge in [0.1, 0.15) is 0 Å². The monoisotopic (exact) mass is 217 g/mol. The second-order valence-corrected chi connectivity index (χ2v) is 5.70. The molecule has 0 radical (unpaired) electrons. The Kier molecular flexibility index (Phi) is 3.34. The quantitative estimate of drug-likeness (QED) is 0.798. The Labute approximate surface area is 99.3 Å². The minimum atomic E-state index is 0.568. The first-order valence-corrected chi connectivity index (χ1v) is 6.39. The minimum Gasteiger partial charge on any atom is -0.314 e. The lowest BCUT2D eigenvalue weighted by atomic mass is 9.95. The smallest absolute Gasteiger partial charge is 0.00134 e. The van der Waals surface area contributed by atoms with Crippen molar-refractivity contribution in [3.63, 3.8) is 0 Å². The van der Waals surface area contributed by atoms with Gasteiger partial charge in [-0.05, 0) is 37.2 Å². The zero-order valence-corrected chi connectivity index (χ0v) is 10.7. The van der Waals surface area contributed by atoms with Crippen LogP contribution in [0.15, 0.2) is 24.3 Å². The van der Waals surface area contributed by atoms with E-state index in [1.165, 1.54) is 36.9 Å². The lowest BCUT2D eigenvalue weighted by molar-refractivity contribution is 0.429. The van der Waals surface area contributed by atoms with Crippen molar-refractivity contribution in [2.24, 2.45) is 5.41 Å². The third kappa shape index (κ3) is 3.08. The van der Waals surface area contributed by atoms with E-state index in [-0.39, 0.29) is 0 Å². The summed E-state index contributed by atoms with van der Waals surface area (Å²) in [4.78, 5) is 0. The molecule has 0 bridgehead atoms. The molecule has 2 rings (SSSR count). The zero-order valence-electron chi connectivity index (χ0n) is 10.7. The third-order valence-electron chi connectivity index (χ3n) is 3.50. The molecule has 1 aliphatic carbocycles. The third-order valence-corrected chi connectivity index (χ3v) is 3.50. The van der Waals surface area contributed by atoms with Crippen LogP contribution in [0.25, 0.3) is 0 Å². The summed E-state index contributed by atoms with van der Waals surface area (Å²) >= 11 is 0. The lowest BCUT2D eigenvalue weighted by Crippen LogP contribution is -2.30. The Morgan fingerprint density at radius 3 is 2.62 bits per heavy atom. The largest absolute Gasteiger partial charge is 0.314 e. The van der Waals surface area contributed by atoms with Crippen molar-refractivity contribution in [2.45, 2.75) is 46.1 Å². The minimum absolute atomic E-state index is 0.568. The second-order valence-electron chi connectivity index (χ2n) is 5.70. The first-order chi connectivity index (χ1) is 7.60. The van der Waals surface area contributed by atoms with E-state index in [0.29, 0.717) is 11.5 Å². The van der Waals surface area contributed by atoms with Gasteiger partial charge in [0.05, 0.1) is 0 Å². The molecule has 1 aliphatic rings. The van der Waals surface area contributed by atoms with E-state index in [9.17, 15) is 0 Å². The molecule has 1 aromatic rings. The Morgan fingerprint density at radius 1 is 1.31 bits per heavy atom. The highest BCUT2D eigenvalue weighted by molar-refractivity contribution is 5.24. The SMILES string of the molecule is Cc1cccc(CC2(CNC(C)C)CC2)c1. The lowest BCUT2D eigenvalue weighted by Gasteiger charge is -2.18. The Morgan fingerprint density at radius 2 is 2.06 bits per heavy atom. The zero-order chi connectivity index (χ0) is 11.6. The normalized spacial score (nSPS) is 17.8. The molecular weight excluding hydrogens is 194 g/mol. The molecule has 0 unspecified atom stereocenters. The molecule has 0 saturated heterocycles. The molecule has 1 fully saturated rings. The molecule has 0 atom stereocenters. The molecule has 0 spiro atoms. The van der Waals surface area contributed by atoms with E-state index < -0.39 is 0 Å². The Hall–Kier alpha value is -0.820. The van der Waals surface area contributed by atoms with Crippen LogP contribution >= 0.6 is 0 Å². The molecule has 1 aromatic carbocycles.